The van der Waals surface area contributed by atoms with Crippen molar-refractivity contribution >= 4 is 17.5 Å². The van der Waals surface area contributed by atoms with E-state index in [4.69, 9.17) is 11.6 Å². The third-order valence-corrected chi connectivity index (χ3v) is 4.28. The maximum Gasteiger partial charge on any atom is 0.273 e. The molecule has 0 aliphatic rings. The quantitative estimate of drug-likeness (QED) is 0.724. The highest BCUT2D eigenvalue weighted by Crippen LogP contribution is 2.11. The lowest BCUT2D eigenvalue weighted by molar-refractivity contribution is 0.0934. The highest BCUT2D eigenvalue weighted by molar-refractivity contribution is 6.30. The number of aromatic nitrogens is 4. The van der Waals surface area contributed by atoms with Crippen molar-refractivity contribution in [3.8, 4) is 0 Å². The molecule has 1 N–H and O–H groups in total. The van der Waals surface area contributed by atoms with Gasteiger partial charge in [0.15, 0.2) is 5.69 Å². The Balaban J connectivity index is 1.59. The van der Waals surface area contributed by atoms with Crippen LogP contribution in [0.25, 0.3) is 0 Å². The fraction of sp³-hybridized carbons (Fsp3) is 0.263. The van der Waals surface area contributed by atoms with Gasteiger partial charge in [-0.05, 0) is 43.2 Å². The van der Waals surface area contributed by atoms with Gasteiger partial charge in [-0.1, -0.05) is 35.0 Å². The number of rotatable bonds is 6. The van der Waals surface area contributed by atoms with Crippen LogP contribution in [0.4, 0.5) is 0 Å². The molecule has 0 aliphatic carbocycles. The average Bonchev–Trinajstić information content (AvgIpc) is 3.08. The zero-order chi connectivity index (χ0) is 18.5. The van der Waals surface area contributed by atoms with Crippen LogP contribution >= 0.6 is 11.6 Å². The van der Waals surface area contributed by atoms with E-state index >= 15 is 0 Å². The molecule has 7 heteroatoms. The Hall–Kier alpha value is -2.73. The first-order chi connectivity index (χ1) is 12.5. The Morgan fingerprint density at radius 2 is 2.04 bits per heavy atom. The van der Waals surface area contributed by atoms with Crippen molar-refractivity contribution in [3.63, 3.8) is 0 Å². The zero-order valence-electron chi connectivity index (χ0n) is 14.7. The molecule has 6 nitrogen and oxygen atoms in total. The van der Waals surface area contributed by atoms with E-state index in [9.17, 15) is 4.79 Å². The second kappa shape index (κ2) is 8.10. The number of carbonyl (C=O) groups is 1. The van der Waals surface area contributed by atoms with Crippen LogP contribution in [0.3, 0.4) is 0 Å². The SMILES string of the molecule is Cc1cccnc1C[C@@H](C)NC(=O)c1cn(Cc2ccc(Cl)cc2)nn1. The summed E-state index contributed by atoms with van der Waals surface area (Å²) in [6.07, 6.45) is 4.07. The highest BCUT2D eigenvalue weighted by Gasteiger charge is 2.15. The van der Waals surface area contributed by atoms with Gasteiger partial charge in [0.1, 0.15) is 0 Å². The molecule has 0 radical (unpaired) electrons. The fourth-order valence-electron chi connectivity index (χ4n) is 2.63. The minimum atomic E-state index is -0.242. The first-order valence-corrected chi connectivity index (χ1v) is 8.75. The number of aryl methyl sites for hydroxylation is 1. The monoisotopic (exact) mass is 369 g/mol. The molecule has 26 heavy (non-hydrogen) atoms. The van der Waals surface area contributed by atoms with Gasteiger partial charge >= 0.3 is 0 Å². The molecule has 3 rings (SSSR count). The molecule has 0 saturated heterocycles. The summed E-state index contributed by atoms with van der Waals surface area (Å²) in [5.41, 5.74) is 3.42. The van der Waals surface area contributed by atoms with Crippen LogP contribution in [-0.2, 0) is 13.0 Å². The van der Waals surface area contributed by atoms with Gasteiger partial charge in [-0.15, -0.1) is 5.10 Å². The fourth-order valence-corrected chi connectivity index (χ4v) is 2.75. The standard InChI is InChI=1S/C19H20ClN5O/c1-13-4-3-9-21-17(13)10-14(2)22-19(26)18-12-25(24-23-18)11-15-5-7-16(20)8-6-15/h3-9,12,14H,10-11H2,1-2H3,(H,22,26)/t14-/m1/s1. The van der Waals surface area contributed by atoms with Crippen molar-refractivity contribution in [1.82, 2.24) is 25.3 Å². The third-order valence-electron chi connectivity index (χ3n) is 4.02. The number of halogens is 1. The van der Waals surface area contributed by atoms with E-state index in [0.717, 1.165) is 16.8 Å². The molecule has 0 aliphatic heterocycles. The van der Waals surface area contributed by atoms with Crippen molar-refractivity contribution in [2.75, 3.05) is 0 Å². The van der Waals surface area contributed by atoms with Crippen LogP contribution in [0.15, 0.2) is 48.8 Å². The molecule has 0 saturated carbocycles. The lowest BCUT2D eigenvalue weighted by Gasteiger charge is -2.13. The Kier molecular flexibility index (Phi) is 5.63. The smallest absolute Gasteiger partial charge is 0.273 e. The van der Waals surface area contributed by atoms with E-state index in [-0.39, 0.29) is 11.9 Å². The Morgan fingerprint density at radius 1 is 1.27 bits per heavy atom. The Bertz CT molecular complexity index is 891. The topological polar surface area (TPSA) is 72.7 Å². The summed E-state index contributed by atoms with van der Waals surface area (Å²) in [4.78, 5) is 16.7. The van der Waals surface area contributed by atoms with Gasteiger partial charge in [0.05, 0.1) is 12.7 Å². The number of amides is 1. The van der Waals surface area contributed by atoms with Crippen molar-refractivity contribution in [2.24, 2.45) is 0 Å². The van der Waals surface area contributed by atoms with E-state index < -0.39 is 0 Å². The molecule has 2 heterocycles. The molecular weight excluding hydrogens is 350 g/mol. The summed E-state index contributed by atoms with van der Waals surface area (Å²) in [6, 6.07) is 11.3. The predicted octanol–water partition coefficient (Wildman–Crippen LogP) is 3.04. The summed E-state index contributed by atoms with van der Waals surface area (Å²) in [6.45, 7) is 4.49. The molecule has 0 bridgehead atoms. The van der Waals surface area contributed by atoms with Gasteiger partial charge < -0.3 is 5.32 Å². The first-order valence-electron chi connectivity index (χ1n) is 8.37. The van der Waals surface area contributed by atoms with Crippen LogP contribution < -0.4 is 5.32 Å². The van der Waals surface area contributed by atoms with Gasteiger partial charge in [0.2, 0.25) is 0 Å². The maximum atomic E-state index is 12.4. The summed E-state index contributed by atoms with van der Waals surface area (Å²) >= 11 is 5.88. The summed E-state index contributed by atoms with van der Waals surface area (Å²) in [5, 5.41) is 11.6. The molecule has 0 fully saturated rings. The third kappa shape index (κ3) is 4.67. The van der Waals surface area contributed by atoms with E-state index in [1.54, 1.807) is 17.1 Å². The molecular formula is C19H20ClN5O. The van der Waals surface area contributed by atoms with E-state index in [1.807, 2.05) is 50.2 Å². The number of carbonyl (C=O) groups excluding carboxylic acids is 1. The number of hydrogen-bond acceptors (Lipinski definition) is 4. The van der Waals surface area contributed by atoms with E-state index in [0.29, 0.717) is 23.7 Å². The maximum absolute atomic E-state index is 12.4. The number of pyridine rings is 1. The van der Waals surface area contributed by atoms with Crippen molar-refractivity contribution in [1.29, 1.82) is 0 Å². The summed E-state index contributed by atoms with van der Waals surface area (Å²) < 4.78 is 1.63. The van der Waals surface area contributed by atoms with Gasteiger partial charge in [0, 0.05) is 29.4 Å². The largest absolute Gasteiger partial charge is 0.348 e. The van der Waals surface area contributed by atoms with E-state index in [1.165, 1.54) is 0 Å². The lowest BCUT2D eigenvalue weighted by Crippen LogP contribution is -2.34. The number of nitrogens with one attached hydrogen (secondary N) is 1. The van der Waals surface area contributed by atoms with Crippen LogP contribution in [0.2, 0.25) is 5.02 Å². The highest BCUT2D eigenvalue weighted by atomic mass is 35.5. The zero-order valence-corrected chi connectivity index (χ0v) is 15.4. The number of nitrogens with zero attached hydrogens (tertiary/aromatic N) is 4. The minimum absolute atomic E-state index is 0.0579. The summed E-state index contributed by atoms with van der Waals surface area (Å²) in [5.74, 6) is -0.242. The predicted molar refractivity (Wildman–Crippen MR) is 100 cm³/mol. The number of hydrogen-bond donors (Lipinski definition) is 1. The van der Waals surface area contributed by atoms with Crippen LogP contribution in [-0.4, -0.2) is 31.9 Å². The molecule has 2 aromatic heterocycles. The summed E-state index contributed by atoms with van der Waals surface area (Å²) in [7, 11) is 0. The van der Waals surface area contributed by atoms with Crippen molar-refractivity contribution in [3.05, 3.63) is 76.3 Å². The average molecular weight is 370 g/mol. The number of benzene rings is 1. The second-order valence-corrected chi connectivity index (χ2v) is 6.71. The molecule has 1 atom stereocenters. The van der Waals surface area contributed by atoms with Crippen LogP contribution in [0, 0.1) is 6.92 Å². The molecule has 1 amide bonds. The molecule has 134 valence electrons. The van der Waals surface area contributed by atoms with Crippen LogP contribution in [0.1, 0.15) is 34.2 Å². The molecule has 0 unspecified atom stereocenters. The van der Waals surface area contributed by atoms with Gasteiger partial charge in [-0.25, -0.2) is 4.68 Å². The first kappa shape index (κ1) is 18.1. The van der Waals surface area contributed by atoms with E-state index in [2.05, 4.69) is 20.6 Å². The normalized spacial score (nSPS) is 12.0. The minimum Gasteiger partial charge on any atom is -0.348 e. The van der Waals surface area contributed by atoms with Crippen molar-refractivity contribution in [2.45, 2.75) is 32.9 Å². The van der Waals surface area contributed by atoms with Gasteiger partial charge in [0.25, 0.3) is 5.91 Å². The molecule has 0 spiro atoms. The van der Waals surface area contributed by atoms with Gasteiger partial charge in [-0.2, -0.15) is 0 Å². The lowest BCUT2D eigenvalue weighted by atomic mass is 10.1. The second-order valence-electron chi connectivity index (χ2n) is 6.27. The molecule has 3 aromatic rings. The van der Waals surface area contributed by atoms with Crippen molar-refractivity contribution < 1.29 is 4.79 Å². The Labute approximate surface area is 157 Å². The van der Waals surface area contributed by atoms with Gasteiger partial charge in [-0.3, -0.25) is 9.78 Å². The Morgan fingerprint density at radius 3 is 2.77 bits per heavy atom. The van der Waals surface area contributed by atoms with Crippen LogP contribution in [0.5, 0.6) is 0 Å². The molecule has 1 aromatic carbocycles.